The summed E-state index contributed by atoms with van der Waals surface area (Å²) in [7, 11) is 0. The number of pyridine rings is 1. The first kappa shape index (κ1) is 25.0. The summed E-state index contributed by atoms with van der Waals surface area (Å²) in [6.45, 7) is 1.51. The van der Waals surface area contributed by atoms with Gasteiger partial charge in [-0.2, -0.15) is 18.3 Å². The van der Waals surface area contributed by atoms with E-state index in [4.69, 9.17) is 23.2 Å². The Morgan fingerprint density at radius 2 is 1.74 bits per heavy atom. The lowest BCUT2D eigenvalue weighted by atomic mass is 9.96. The maximum Gasteiger partial charge on any atom is 0.417 e. The van der Waals surface area contributed by atoms with Crippen molar-refractivity contribution < 1.29 is 22.8 Å². The van der Waals surface area contributed by atoms with Crippen LogP contribution in [0.1, 0.15) is 39.1 Å². The minimum Gasteiger partial charge on any atom is -0.352 e. The molecule has 0 aliphatic carbocycles. The molecule has 3 aromatic rings. The molecule has 0 bridgehead atoms. The lowest BCUT2D eigenvalue weighted by Gasteiger charge is -2.31. The summed E-state index contributed by atoms with van der Waals surface area (Å²) in [5, 5.41) is 7.28. The highest BCUT2D eigenvalue weighted by Crippen LogP contribution is 2.32. The highest BCUT2D eigenvalue weighted by Gasteiger charge is 2.32. The largest absolute Gasteiger partial charge is 0.417 e. The van der Waals surface area contributed by atoms with Gasteiger partial charge in [-0.15, -0.1) is 0 Å². The zero-order valence-corrected chi connectivity index (χ0v) is 19.7. The van der Waals surface area contributed by atoms with Crippen LogP contribution >= 0.6 is 23.2 Å². The molecule has 0 atom stereocenters. The molecule has 35 heavy (non-hydrogen) atoms. The van der Waals surface area contributed by atoms with Crippen molar-refractivity contribution in [2.75, 3.05) is 19.6 Å². The third-order valence-corrected chi connectivity index (χ3v) is 6.29. The lowest BCUT2D eigenvalue weighted by Crippen LogP contribution is -2.41. The Labute approximate surface area is 208 Å². The Morgan fingerprint density at radius 1 is 1.06 bits per heavy atom. The van der Waals surface area contributed by atoms with Crippen LogP contribution in [0, 0.1) is 5.92 Å². The number of amides is 2. The molecule has 3 heterocycles. The van der Waals surface area contributed by atoms with E-state index in [2.05, 4.69) is 15.4 Å². The van der Waals surface area contributed by atoms with Gasteiger partial charge in [0, 0.05) is 42.6 Å². The summed E-state index contributed by atoms with van der Waals surface area (Å²) in [4.78, 5) is 30.6. The third-order valence-electron chi connectivity index (χ3n) is 5.76. The molecule has 0 saturated carbocycles. The van der Waals surface area contributed by atoms with E-state index in [-0.39, 0.29) is 34.1 Å². The topological polar surface area (TPSA) is 80.1 Å². The molecule has 184 valence electrons. The number of hydrogen-bond donors (Lipinski definition) is 1. The van der Waals surface area contributed by atoms with Gasteiger partial charge in [-0.1, -0.05) is 23.2 Å². The molecule has 7 nitrogen and oxygen atoms in total. The van der Waals surface area contributed by atoms with E-state index in [1.807, 2.05) is 0 Å². The quantitative estimate of drug-likeness (QED) is 0.515. The van der Waals surface area contributed by atoms with Gasteiger partial charge in [0.15, 0.2) is 5.82 Å². The number of carbonyl (C=O) groups is 2. The molecular formula is C23H20Cl2F3N5O2. The molecule has 2 aromatic heterocycles. The Bertz CT molecular complexity index is 1220. The van der Waals surface area contributed by atoms with Gasteiger partial charge in [0.05, 0.1) is 22.3 Å². The van der Waals surface area contributed by atoms with Crippen molar-refractivity contribution in [3.05, 3.63) is 75.7 Å². The van der Waals surface area contributed by atoms with Crippen LogP contribution in [0.15, 0.2) is 48.9 Å². The number of nitrogens with zero attached hydrogens (tertiary/aromatic N) is 4. The van der Waals surface area contributed by atoms with Crippen LogP contribution in [0.5, 0.6) is 0 Å². The van der Waals surface area contributed by atoms with E-state index in [0.717, 1.165) is 6.07 Å². The van der Waals surface area contributed by atoms with Gasteiger partial charge in [0.25, 0.3) is 11.8 Å². The van der Waals surface area contributed by atoms with Crippen LogP contribution < -0.4 is 5.32 Å². The second-order valence-corrected chi connectivity index (χ2v) is 9.00. The average Bonchev–Trinajstić information content (AvgIpc) is 3.32. The fourth-order valence-corrected chi connectivity index (χ4v) is 4.15. The Balaban J connectivity index is 1.31. The highest BCUT2D eigenvalue weighted by molar-refractivity contribution is 6.32. The maximum absolute atomic E-state index is 12.9. The number of aromatic nitrogens is 3. The first-order chi connectivity index (χ1) is 16.6. The van der Waals surface area contributed by atoms with E-state index in [9.17, 15) is 22.8 Å². The lowest BCUT2D eigenvalue weighted by molar-refractivity contribution is -0.137. The molecule has 1 aliphatic heterocycles. The summed E-state index contributed by atoms with van der Waals surface area (Å²) in [6, 6.07) is 7.40. The normalized spacial score (nSPS) is 14.7. The molecule has 1 N–H and O–H groups in total. The molecule has 1 aromatic carbocycles. The number of rotatable bonds is 5. The number of piperidine rings is 1. The zero-order chi connectivity index (χ0) is 25.2. The number of hydrogen-bond acceptors (Lipinski definition) is 4. The third kappa shape index (κ3) is 5.94. The van der Waals surface area contributed by atoms with Crippen molar-refractivity contribution in [1.82, 2.24) is 25.0 Å². The van der Waals surface area contributed by atoms with Gasteiger partial charge < -0.3 is 10.2 Å². The van der Waals surface area contributed by atoms with Crippen LogP contribution in [-0.4, -0.2) is 51.1 Å². The Morgan fingerprint density at radius 3 is 2.37 bits per heavy atom. The molecule has 1 fully saturated rings. The number of nitrogens with one attached hydrogen (secondary N) is 1. The highest BCUT2D eigenvalue weighted by atomic mass is 35.5. The van der Waals surface area contributed by atoms with Crippen molar-refractivity contribution >= 4 is 35.0 Å². The number of alkyl halides is 3. The van der Waals surface area contributed by atoms with Crippen molar-refractivity contribution in [3.8, 4) is 5.82 Å². The molecular weight excluding hydrogens is 506 g/mol. The summed E-state index contributed by atoms with van der Waals surface area (Å²) in [5.74, 6) is -0.201. The van der Waals surface area contributed by atoms with Crippen molar-refractivity contribution in [3.63, 3.8) is 0 Å². The van der Waals surface area contributed by atoms with Crippen LogP contribution in [-0.2, 0) is 6.18 Å². The van der Waals surface area contributed by atoms with E-state index in [1.165, 1.54) is 17.1 Å². The van der Waals surface area contributed by atoms with E-state index < -0.39 is 11.7 Å². The molecule has 0 radical (unpaired) electrons. The van der Waals surface area contributed by atoms with Crippen molar-refractivity contribution in [1.29, 1.82) is 0 Å². The first-order valence-electron chi connectivity index (χ1n) is 10.7. The fraction of sp³-hybridized carbons (Fsp3) is 0.304. The SMILES string of the molecule is O=C(NCC1CCN(C(=O)c2cnn(-c3ncc(C(F)(F)F)cc3Cl)c2)CC1)c1ccc(Cl)cc1. The Kier molecular flexibility index (Phi) is 7.32. The van der Waals surface area contributed by atoms with Gasteiger partial charge in [-0.25, -0.2) is 9.67 Å². The molecule has 0 spiro atoms. The summed E-state index contributed by atoms with van der Waals surface area (Å²) >= 11 is 11.8. The van der Waals surface area contributed by atoms with Gasteiger partial charge in [0.2, 0.25) is 0 Å². The monoisotopic (exact) mass is 525 g/mol. The Hall–Kier alpha value is -3.11. The maximum atomic E-state index is 12.9. The van der Waals surface area contributed by atoms with Gasteiger partial charge in [-0.05, 0) is 49.1 Å². The summed E-state index contributed by atoms with van der Waals surface area (Å²) in [6.07, 6.45) is 0.255. The van der Waals surface area contributed by atoms with E-state index in [1.54, 1.807) is 29.2 Å². The molecule has 1 aliphatic rings. The van der Waals surface area contributed by atoms with E-state index >= 15 is 0 Å². The number of halogens is 5. The standard InChI is InChI=1S/C23H20Cl2F3N5O2/c24-18-3-1-15(2-4-18)21(34)30-10-14-5-7-32(8-6-14)22(35)16-11-31-33(13-16)20-19(25)9-17(12-29-20)23(26,27)28/h1-4,9,11-14H,5-8,10H2,(H,30,34). The summed E-state index contributed by atoms with van der Waals surface area (Å²) in [5.41, 5.74) is -0.166. The van der Waals surface area contributed by atoms with Gasteiger partial charge in [0.1, 0.15) is 0 Å². The number of benzene rings is 1. The fourth-order valence-electron chi connectivity index (χ4n) is 3.77. The second kappa shape index (κ2) is 10.2. The number of likely N-dealkylation sites (tertiary alicyclic amines) is 1. The van der Waals surface area contributed by atoms with Crippen LogP contribution in [0.4, 0.5) is 13.2 Å². The average molecular weight is 526 g/mol. The van der Waals surface area contributed by atoms with Crippen molar-refractivity contribution in [2.24, 2.45) is 5.92 Å². The molecule has 2 amide bonds. The molecule has 4 rings (SSSR count). The van der Waals surface area contributed by atoms with Gasteiger partial charge in [-0.3, -0.25) is 9.59 Å². The molecule has 1 saturated heterocycles. The second-order valence-electron chi connectivity index (χ2n) is 8.15. The minimum atomic E-state index is -4.56. The van der Waals surface area contributed by atoms with Crippen molar-refractivity contribution in [2.45, 2.75) is 19.0 Å². The van der Waals surface area contributed by atoms with Crippen LogP contribution in [0.3, 0.4) is 0 Å². The van der Waals surface area contributed by atoms with Gasteiger partial charge >= 0.3 is 6.18 Å². The zero-order valence-electron chi connectivity index (χ0n) is 18.2. The summed E-state index contributed by atoms with van der Waals surface area (Å²) < 4.78 is 39.7. The van der Waals surface area contributed by atoms with Crippen LogP contribution in [0.25, 0.3) is 5.82 Å². The van der Waals surface area contributed by atoms with E-state index in [0.29, 0.717) is 49.3 Å². The first-order valence-corrected chi connectivity index (χ1v) is 11.5. The molecule has 0 unspecified atom stereocenters. The number of carbonyl (C=O) groups excluding carboxylic acids is 2. The minimum absolute atomic E-state index is 0.00569. The smallest absolute Gasteiger partial charge is 0.352 e. The van der Waals surface area contributed by atoms with Crippen LogP contribution in [0.2, 0.25) is 10.0 Å². The predicted molar refractivity (Wildman–Crippen MR) is 124 cm³/mol. The predicted octanol–water partition coefficient (Wildman–Crippen LogP) is 4.88. The molecule has 12 heteroatoms.